The lowest BCUT2D eigenvalue weighted by Gasteiger charge is -2.31. The minimum Gasteiger partial charge on any atom is -0.299 e. The van der Waals surface area contributed by atoms with Crippen molar-refractivity contribution in [3.05, 3.63) is 69.3 Å². The summed E-state index contributed by atoms with van der Waals surface area (Å²) in [6.45, 7) is 0.935. The van der Waals surface area contributed by atoms with Crippen LogP contribution in [-0.2, 0) is 16.4 Å². The molecule has 0 saturated carbocycles. The molecule has 2 aromatic rings. The number of rotatable bonds is 4. The van der Waals surface area contributed by atoms with Crippen molar-refractivity contribution in [2.75, 3.05) is 13.6 Å². The van der Waals surface area contributed by atoms with Crippen LogP contribution in [0.2, 0.25) is 0 Å². The van der Waals surface area contributed by atoms with Crippen molar-refractivity contribution in [2.45, 2.75) is 29.8 Å². The van der Waals surface area contributed by atoms with Crippen molar-refractivity contribution in [3.8, 4) is 0 Å². The van der Waals surface area contributed by atoms with Crippen LogP contribution < -0.4 is 4.72 Å². The number of hydrogen-bond donors (Lipinski definition) is 1. The minimum atomic E-state index is -4.01. The largest absolute Gasteiger partial charge is 0.299 e. The van der Waals surface area contributed by atoms with Crippen molar-refractivity contribution in [3.63, 3.8) is 0 Å². The maximum atomic E-state index is 12.9. The van der Waals surface area contributed by atoms with Gasteiger partial charge in [0.1, 0.15) is 0 Å². The van der Waals surface area contributed by atoms with Crippen LogP contribution >= 0.6 is 0 Å². The second-order valence-corrected chi connectivity index (χ2v) is 8.48. The molecule has 0 spiro atoms. The van der Waals surface area contributed by atoms with E-state index in [1.807, 2.05) is 19.2 Å². The first-order valence-corrected chi connectivity index (χ1v) is 9.94. The third kappa shape index (κ3) is 2.70. The van der Waals surface area contributed by atoms with Gasteiger partial charge in [0.25, 0.3) is 5.69 Å². The lowest BCUT2D eigenvalue weighted by Crippen LogP contribution is -2.31. The minimum absolute atomic E-state index is 0.174. The van der Waals surface area contributed by atoms with Crippen LogP contribution in [0.3, 0.4) is 0 Å². The maximum absolute atomic E-state index is 12.9. The molecule has 2 aromatic carbocycles. The Hall–Kier alpha value is -2.29. The number of nitrogens with one attached hydrogen (secondary N) is 1. The third-order valence-corrected chi connectivity index (χ3v) is 6.83. The van der Waals surface area contributed by atoms with Crippen LogP contribution in [0.4, 0.5) is 5.69 Å². The maximum Gasteiger partial charge on any atom is 0.289 e. The van der Waals surface area contributed by atoms with Crippen LogP contribution in [0.25, 0.3) is 0 Å². The molecule has 1 N–H and O–H groups in total. The van der Waals surface area contributed by atoms with Crippen molar-refractivity contribution in [1.82, 2.24) is 9.62 Å². The Balaban J connectivity index is 1.71. The first-order chi connectivity index (χ1) is 12.4. The van der Waals surface area contributed by atoms with Gasteiger partial charge in [-0.2, -0.15) is 0 Å². The Morgan fingerprint density at radius 2 is 1.96 bits per heavy atom. The summed E-state index contributed by atoms with van der Waals surface area (Å²) < 4.78 is 28.4. The van der Waals surface area contributed by atoms with Crippen molar-refractivity contribution >= 4 is 15.7 Å². The molecule has 8 heteroatoms. The Labute approximate surface area is 151 Å². The molecule has 1 heterocycles. The topological polar surface area (TPSA) is 92.6 Å². The zero-order chi connectivity index (χ0) is 18.5. The predicted octanol–water partition coefficient (Wildman–Crippen LogP) is 2.55. The van der Waals surface area contributed by atoms with Gasteiger partial charge in [-0.3, -0.25) is 15.0 Å². The van der Waals surface area contributed by atoms with E-state index in [0.29, 0.717) is 6.42 Å². The van der Waals surface area contributed by atoms with E-state index in [4.69, 9.17) is 0 Å². The van der Waals surface area contributed by atoms with E-state index in [-0.39, 0.29) is 17.0 Å². The van der Waals surface area contributed by atoms with Gasteiger partial charge in [-0.15, -0.1) is 0 Å². The summed E-state index contributed by atoms with van der Waals surface area (Å²) in [6, 6.07) is 11.2. The summed E-state index contributed by atoms with van der Waals surface area (Å²) in [7, 11) is -1.97. The van der Waals surface area contributed by atoms with Gasteiger partial charge in [0.05, 0.1) is 4.92 Å². The molecule has 1 aliphatic heterocycles. The molecule has 2 atom stereocenters. The highest BCUT2D eigenvalue weighted by atomic mass is 32.2. The van der Waals surface area contributed by atoms with E-state index in [1.165, 1.54) is 35.4 Å². The standard InChI is InChI=1S/C18H19N3O4S/c1-20-10-9-12-5-4-6-13-14(11-16(20)18(12)13)19-26(24,25)17-8-3-2-7-15(17)21(22)23/h2-8,14,16,19H,9-11H2,1H3. The highest BCUT2D eigenvalue weighted by molar-refractivity contribution is 7.89. The van der Waals surface area contributed by atoms with Gasteiger partial charge in [-0.25, -0.2) is 13.1 Å². The molecule has 1 aliphatic carbocycles. The molecule has 0 amide bonds. The lowest BCUT2D eigenvalue weighted by atomic mass is 9.94. The number of nitro benzene ring substituents is 1. The molecular weight excluding hydrogens is 354 g/mol. The summed E-state index contributed by atoms with van der Waals surface area (Å²) in [5, 5.41) is 11.2. The molecule has 26 heavy (non-hydrogen) atoms. The van der Waals surface area contributed by atoms with E-state index in [2.05, 4.69) is 15.7 Å². The molecule has 0 bridgehead atoms. The summed E-state index contributed by atoms with van der Waals surface area (Å²) in [5.74, 6) is 0. The third-order valence-electron chi connectivity index (χ3n) is 5.31. The van der Waals surface area contributed by atoms with Gasteiger partial charge in [0.15, 0.2) is 4.90 Å². The first kappa shape index (κ1) is 17.1. The Kier molecular flexibility index (Phi) is 4.06. The molecule has 136 valence electrons. The fourth-order valence-electron chi connectivity index (χ4n) is 4.08. The molecule has 4 rings (SSSR count). The number of sulfonamides is 1. The number of nitrogens with zero attached hydrogens (tertiary/aromatic N) is 2. The fraction of sp³-hybridized carbons (Fsp3) is 0.333. The summed E-state index contributed by atoms with van der Waals surface area (Å²) in [4.78, 5) is 12.5. The normalized spacial score (nSPS) is 22.2. The molecule has 7 nitrogen and oxygen atoms in total. The Bertz CT molecular complexity index is 990. The van der Waals surface area contributed by atoms with Crippen LogP contribution in [0.15, 0.2) is 47.4 Å². The molecular formula is C18H19N3O4S. The Morgan fingerprint density at radius 1 is 1.19 bits per heavy atom. The van der Waals surface area contributed by atoms with Gasteiger partial charge in [-0.05, 0) is 42.6 Å². The van der Waals surface area contributed by atoms with Gasteiger partial charge >= 0.3 is 0 Å². The van der Waals surface area contributed by atoms with Crippen molar-refractivity contribution in [1.29, 1.82) is 0 Å². The monoisotopic (exact) mass is 373 g/mol. The number of nitro groups is 1. The smallest absolute Gasteiger partial charge is 0.289 e. The van der Waals surface area contributed by atoms with Crippen LogP contribution in [0, 0.1) is 10.1 Å². The fourth-order valence-corrected chi connectivity index (χ4v) is 5.48. The second-order valence-electron chi connectivity index (χ2n) is 6.80. The number of likely N-dealkylation sites (N-methyl/N-ethyl adjacent to an activating group) is 1. The molecule has 0 fully saturated rings. The Morgan fingerprint density at radius 3 is 2.73 bits per heavy atom. The van der Waals surface area contributed by atoms with Crippen molar-refractivity contribution in [2.24, 2.45) is 0 Å². The van der Waals surface area contributed by atoms with E-state index >= 15 is 0 Å². The van der Waals surface area contributed by atoms with Gasteiger partial charge in [0.2, 0.25) is 10.0 Å². The van der Waals surface area contributed by atoms with E-state index in [1.54, 1.807) is 0 Å². The van der Waals surface area contributed by atoms with Gasteiger partial charge in [0, 0.05) is 24.7 Å². The number of para-hydroxylation sites is 1. The lowest BCUT2D eigenvalue weighted by molar-refractivity contribution is -0.387. The van der Waals surface area contributed by atoms with E-state index in [9.17, 15) is 18.5 Å². The summed E-state index contributed by atoms with van der Waals surface area (Å²) >= 11 is 0. The summed E-state index contributed by atoms with van der Waals surface area (Å²) in [5.41, 5.74) is 3.03. The molecule has 0 aromatic heterocycles. The summed E-state index contributed by atoms with van der Waals surface area (Å²) in [6.07, 6.45) is 1.57. The zero-order valence-corrected chi connectivity index (χ0v) is 15.1. The zero-order valence-electron chi connectivity index (χ0n) is 14.3. The highest BCUT2D eigenvalue weighted by Gasteiger charge is 2.39. The van der Waals surface area contributed by atoms with Gasteiger partial charge < -0.3 is 0 Å². The highest BCUT2D eigenvalue weighted by Crippen LogP contribution is 2.46. The molecule has 2 aliphatic rings. The van der Waals surface area contributed by atoms with E-state index in [0.717, 1.165) is 18.5 Å². The number of hydrogen-bond acceptors (Lipinski definition) is 5. The molecule has 0 radical (unpaired) electrons. The predicted molar refractivity (Wildman–Crippen MR) is 96.3 cm³/mol. The number of benzene rings is 2. The van der Waals surface area contributed by atoms with Crippen LogP contribution in [0.5, 0.6) is 0 Å². The molecule has 2 unspecified atom stereocenters. The van der Waals surface area contributed by atoms with Crippen LogP contribution in [0.1, 0.15) is 35.2 Å². The quantitative estimate of drug-likeness (QED) is 0.657. The van der Waals surface area contributed by atoms with E-state index < -0.39 is 20.6 Å². The van der Waals surface area contributed by atoms with Crippen LogP contribution in [-0.4, -0.2) is 31.8 Å². The van der Waals surface area contributed by atoms with Gasteiger partial charge in [-0.1, -0.05) is 30.3 Å². The molecule has 0 saturated heterocycles. The average Bonchev–Trinajstić information content (AvgIpc) is 2.98. The first-order valence-electron chi connectivity index (χ1n) is 8.46. The SMILES string of the molecule is CN1CCc2cccc3c2C1CC3NS(=O)(=O)c1ccccc1[N+](=O)[O-]. The van der Waals surface area contributed by atoms with Crippen molar-refractivity contribution < 1.29 is 13.3 Å². The second kappa shape index (κ2) is 6.15. The average molecular weight is 373 g/mol.